The highest BCUT2D eigenvalue weighted by atomic mass is 32.1. The van der Waals surface area contributed by atoms with Crippen molar-refractivity contribution in [3.05, 3.63) is 261 Å². The number of para-hydroxylation sites is 4. The SMILES string of the molecule is c1ccc(-c2nc(-c3ccc4c(c3)oc3ccc(-n5c6ccccc6c6ccccc65)cc34)nc(-c3cccc4oc5ccc(-c6ccc7sc8ccc(-c9ccc%10c(c9)c9ccccc9n%10-c9ccccc9)cc8c7c6)cc5c34)n2)cc1. The third-order valence-corrected chi connectivity index (χ3v) is 17.9. The summed E-state index contributed by atoms with van der Waals surface area (Å²) < 4.78 is 20.5. The molecule has 386 valence electrons. The van der Waals surface area contributed by atoms with Crippen LogP contribution in [-0.4, -0.2) is 24.1 Å². The number of hydrogen-bond donors (Lipinski definition) is 0. The lowest BCUT2D eigenvalue weighted by Crippen LogP contribution is -2.00. The van der Waals surface area contributed by atoms with Crippen LogP contribution in [0.4, 0.5) is 0 Å². The van der Waals surface area contributed by atoms with E-state index in [9.17, 15) is 0 Å². The molecule has 0 unspecified atom stereocenters. The normalized spacial score (nSPS) is 12.1. The van der Waals surface area contributed by atoms with Gasteiger partial charge in [0.2, 0.25) is 0 Å². The smallest absolute Gasteiger partial charge is 0.164 e. The topological polar surface area (TPSA) is 74.8 Å². The van der Waals surface area contributed by atoms with Crippen LogP contribution in [0.2, 0.25) is 0 Å². The Hall–Kier alpha value is -10.9. The number of fused-ring (bicyclic) bond motifs is 15. The number of aromatic nitrogens is 5. The lowest BCUT2D eigenvalue weighted by molar-refractivity contribution is 0.668. The minimum atomic E-state index is 0.545. The summed E-state index contributed by atoms with van der Waals surface area (Å²) in [5.74, 6) is 1.67. The molecule has 6 aromatic heterocycles. The molecular weight excluding hydrogens is 1030 g/mol. The van der Waals surface area contributed by atoms with E-state index in [1.807, 2.05) is 53.8 Å². The van der Waals surface area contributed by atoms with Crippen molar-refractivity contribution < 1.29 is 8.83 Å². The molecule has 8 heteroatoms. The molecule has 0 saturated heterocycles. The highest BCUT2D eigenvalue weighted by Crippen LogP contribution is 2.44. The predicted octanol–water partition coefficient (Wildman–Crippen LogP) is 20.6. The zero-order valence-corrected chi connectivity index (χ0v) is 45.1. The number of rotatable bonds is 7. The Morgan fingerprint density at radius 3 is 1.47 bits per heavy atom. The van der Waals surface area contributed by atoms with E-state index in [-0.39, 0.29) is 0 Å². The molecule has 12 aromatic carbocycles. The van der Waals surface area contributed by atoms with E-state index in [0.717, 1.165) is 94.1 Å². The maximum Gasteiger partial charge on any atom is 0.164 e. The van der Waals surface area contributed by atoms with E-state index in [2.05, 4.69) is 228 Å². The number of benzene rings is 12. The van der Waals surface area contributed by atoms with Gasteiger partial charge in [0.15, 0.2) is 17.5 Å². The first-order valence-corrected chi connectivity index (χ1v) is 28.7. The van der Waals surface area contributed by atoms with Gasteiger partial charge in [-0.3, -0.25) is 0 Å². The zero-order valence-electron chi connectivity index (χ0n) is 44.3. The lowest BCUT2D eigenvalue weighted by Gasteiger charge is -2.09. The Kier molecular flexibility index (Phi) is 9.83. The Morgan fingerprint density at radius 2 is 0.771 bits per heavy atom. The van der Waals surface area contributed by atoms with E-state index in [1.165, 1.54) is 63.9 Å². The van der Waals surface area contributed by atoms with Gasteiger partial charge >= 0.3 is 0 Å². The monoisotopic (exact) mass is 1080 g/mol. The molecule has 0 amide bonds. The van der Waals surface area contributed by atoms with Crippen LogP contribution in [0.25, 0.3) is 175 Å². The van der Waals surface area contributed by atoms with Gasteiger partial charge in [-0.05, 0) is 138 Å². The van der Waals surface area contributed by atoms with Gasteiger partial charge in [-0.2, -0.15) is 0 Å². The van der Waals surface area contributed by atoms with Crippen LogP contribution in [0.3, 0.4) is 0 Å². The van der Waals surface area contributed by atoms with Crippen LogP contribution in [0.15, 0.2) is 270 Å². The van der Waals surface area contributed by atoms with Gasteiger partial charge in [-0.25, -0.2) is 15.0 Å². The fourth-order valence-electron chi connectivity index (χ4n) is 12.9. The maximum atomic E-state index is 6.65. The first-order chi connectivity index (χ1) is 41.1. The summed E-state index contributed by atoms with van der Waals surface area (Å²) >= 11 is 1.84. The van der Waals surface area contributed by atoms with Crippen LogP contribution < -0.4 is 0 Å². The van der Waals surface area contributed by atoms with Gasteiger partial charge < -0.3 is 18.0 Å². The Bertz CT molecular complexity index is 5660. The van der Waals surface area contributed by atoms with Crippen molar-refractivity contribution in [2.45, 2.75) is 0 Å². The average molecular weight is 1080 g/mol. The molecule has 6 heterocycles. The first-order valence-electron chi connectivity index (χ1n) is 27.9. The zero-order chi connectivity index (χ0) is 54.3. The maximum absolute atomic E-state index is 6.65. The molecule has 0 aliphatic rings. The van der Waals surface area contributed by atoms with Crippen molar-refractivity contribution in [3.8, 4) is 67.8 Å². The standard InChI is InChI=1S/C75H43N5O2S/c1-3-14-44(15-4-1)73-76-74(49-26-32-55-58-43-51(31-35-66(58)82-69(55)42-49)80-62-22-10-7-18-52(62)53-19-8-11-23-63(53)80)78-75(77-73)56-21-13-25-68-72(56)61-41-46(28-34-67(61)81-68)48-30-37-71-60(40-48)59-39-47(29-36-70(59)83-71)45-27-33-65-57(38-45)54-20-9-12-24-64(54)79(65)50-16-5-2-6-17-50/h1-43H. The van der Waals surface area contributed by atoms with Gasteiger partial charge in [0, 0.05) is 91.3 Å². The molecule has 0 aliphatic carbocycles. The van der Waals surface area contributed by atoms with Gasteiger partial charge in [0.25, 0.3) is 0 Å². The molecule has 0 fully saturated rings. The molecule has 0 N–H and O–H groups in total. The van der Waals surface area contributed by atoms with Crippen molar-refractivity contribution in [2.75, 3.05) is 0 Å². The molecule has 7 nitrogen and oxygen atoms in total. The highest BCUT2D eigenvalue weighted by Gasteiger charge is 2.22. The van der Waals surface area contributed by atoms with Crippen LogP contribution in [0, 0.1) is 0 Å². The quantitative estimate of drug-likeness (QED) is 0.159. The highest BCUT2D eigenvalue weighted by molar-refractivity contribution is 7.25. The van der Waals surface area contributed by atoms with Crippen molar-refractivity contribution in [3.63, 3.8) is 0 Å². The summed E-state index contributed by atoms with van der Waals surface area (Å²) in [5.41, 5.74) is 17.3. The van der Waals surface area contributed by atoms with E-state index in [1.54, 1.807) is 0 Å². The molecule has 0 saturated carbocycles. The third kappa shape index (κ3) is 7.13. The second kappa shape index (κ2) is 17.8. The van der Waals surface area contributed by atoms with E-state index in [0.29, 0.717) is 17.5 Å². The van der Waals surface area contributed by atoms with Gasteiger partial charge in [0.05, 0.1) is 22.1 Å². The summed E-state index contributed by atoms with van der Waals surface area (Å²) in [7, 11) is 0. The van der Waals surface area contributed by atoms with Crippen LogP contribution in [0.5, 0.6) is 0 Å². The summed E-state index contributed by atoms with van der Waals surface area (Å²) in [6.07, 6.45) is 0. The average Bonchev–Trinajstić information content (AvgIpc) is 4.18. The largest absolute Gasteiger partial charge is 0.456 e. The fraction of sp³-hybridized carbons (Fsp3) is 0. The van der Waals surface area contributed by atoms with Gasteiger partial charge in [0.1, 0.15) is 22.3 Å². The molecule has 83 heavy (non-hydrogen) atoms. The molecule has 0 spiro atoms. The lowest BCUT2D eigenvalue weighted by atomic mass is 9.98. The number of nitrogens with zero attached hydrogens (tertiary/aromatic N) is 5. The molecule has 18 rings (SSSR count). The molecule has 18 aromatic rings. The Balaban J connectivity index is 0.732. The van der Waals surface area contributed by atoms with Crippen molar-refractivity contribution in [1.29, 1.82) is 0 Å². The van der Waals surface area contributed by atoms with Crippen molar-refractivity contribution in [2.24, 2.45) is 0 Å². The number of hydrogen-bond acceptors (Lipinski definition) is 6. The molecule has 0 radical (unpaired) electrons. The van der Waals surface area contributed by atoms with Crippen molar-refractivity contribution >= 4 is 119 Å². The summed E-state index contributed by atoms with van der Waals surface area (Å²) in [4.78, 5) is 15.7. The first kappa shape index (κ1) is 45.9. The van der Waals surface area contributed by atoms with Crippen LogP contribution in [0.1, 0.15) is 0 Å². The van der Waals surface area contributed by atoms with E-state index in [4.69, 9.17) is 23.8 Å². The number of thiophene rings is 1. The Labute approximate surface area is 477 Å². The number of furan rings is 2. The van der Waals surface area contributed by atoms with Gasteiger partial charge in [-0.15, -0.1) is 11.3 Å². The minimum Gasteiger partial charge on any atom is -0.456 e. The second-order valence-corrected chi connectivity index (χ2v) is 22.6. The van der Waals surface area contributed by atoms with Gasteiger partial charge in [-0.1, -0.05) is 146 Å². The minimum absolute atomic E-state index is 0.545. The molecular formula is C75H43N5O2S. The van der Waals surface area contributed by atoms with Crippen molar-refractivity contribution in [1.82, 2.24) is 24.1 Å². The molecule has 0 bridgehead atoms. The Morgan fingerprint density at radius 1 is 0.265 bits per heavy atom. The summed E-state index contributed by atoms with van der Waals surface area (Å²) in [6.45, 7) is 0. The third-order valence-electron chi connectivity index (χ3n) is 16.8. The predicted molar refractivity (Wildman–Crippen MR) is 343 cm³/mol. The van der Waals surface area contributed by atoms with Crippen LogP contribution >= 0.6 is 11.3 Å². The van der Waals surface area contributed by atoms with E-state index >= 15 is 0 Å². The summed E-state index contributed by atoms with van der Waals surface area (Å²) in [5, 5.41) is 11.4. The van der Waals surface area contributed by atoms with E-state index < -0.39 is 0 Å². The molecule has 0 aliphatic heterocycles. The summed E-state index contributed by atoms with van der Waals surface area (Å²) in [6, 6.07) is 92.8. The van der Waals surface area contributed by atoms with Crippen LogP contribution in [-0.2, 0) is 0 Å². The fourth-order valence-corrected chi connectivity index (χ4v) is 14.0. The molecule has 0 atom stereocenters. The second-order valence-electron chi connectivity index (χ2n) is 21.5.